The Kier molecular flexibility index (Phi) is 8.46. The number of hydrogen-bond donors (Lipinski definition) is 3. The number of furan rings is 1. The summed E-state index contributed by atoms with van der Waals surface area (Å²) in [6.45, 7) is 3.63. The second-order valence-corrected chi connectivity index (χ2v) is 9.81. The molecule has 4 rings (SSSR count). The van der Waals surface area contributed by atoms with E-state index in [0.717, 1.165) is 5.56 Å². The zero-order chi connectivity index (χ0) is 27.2. The molecule has 3 N–H and O–H groups in total. The number of ether oxygens (including phenoxy) is 1. The third kappa shape index (κ3) is 5.88. The fourth-order valence-corrected chi connectivity index (χ4v) is 5.08. The molecule has 0 saturated carbocycles. The highest BCUT2D eigenvalue weighted by atomic mass is 35.5. The Hall–Kier alpha value is -4.13. The van der Waals surface area contributed by atoms with Gasteiger partial charge < -0.3 is 25.1 Å². The van der Waals surface area contributed by atoms with E-state index < -0.39 is 11.8 Å². The molecular formula is C28H25ClN4O4S. The lowest BCUT2D eigenvalue weighted by Crippen LogP contribution is -2.31. The van der Waals surface area contributed by atoms with Gasteiger partial charge in [-0.1, -0.05) is 41.6 Å². The van der Waals surface area contributed by atoms with Gasteiger partial charge in [-0.2, -0.15) is 5.26 Å². The Morgan fingerprint density at radius 1 is 1.16 bits per heavy atom. The SMILES string of the molecule is COc1ccccc1NC(=O)C1=C(C)NC(SCC(=O)Nc2ccc(C)c(Cl)c2)=C(C#N)[C@H]1c1ccco1. The lowest BCUT2D eigenvalue weighted by Gasteiger charge is -2.28. The molecule has 3 aromatic rings. The first-order valence-corrected chi connectivity index (χ1v) is 13.0. The van der Waals surface area contributed by atoms with Crippen molar-refractivity contribution in [3.8, 4) is 11.8 Å². The van der Waals surface area contributed by atoms with Crippen molar-refractivity contribution in [2.75, 3.05) is 23.5 Å². The van der Waals surface area contributed by atoms with E-state index in [4.69, 9.17) is 20.8 Å². The third-order valence-electron chi connectivity index (χ3n) is 5.88. The number of allylic oxidation sites excluding steroid dienone is 2. The minimum Gasteiger partial charge on any atom is -0.495 e. The largest absolute Gasteiger partial charge is 0.495 e. The zero-order valence-electron chi connectivity index (χ0n) is 20.9. The molecule has 0 unspecified atom stereocenters. The first-order chi connectivity index (χ1) is 18.3. The fourth-order valence-electron chi connectivity index (χ4n) is 4.01. The number of nitriles is 1. The van der Waals surface area contributed by atoms with Crippen LogP contribution < -0.4 is 20.7 Å². The molecule has 1 aromatic heterocycles. The predicted octanol–water partition coefficient (Wildman–Crippen LogP) is 5.96. The van der Waals surface area contributed by atoms with Crippen LogP contribution in [0.4, 0.5) is 11.4 Å². The number of aryl methyl sites for hydroxylation is 1. The smallest absolute Gasteiger partial charge is 0.254 e. The molecule has 0 bridgehead atoms. The molecule has 10 heteroatoms. The summed E-state index contributed by atoms with van der Waals surface area (Å²) in [5.74, 6) is -0.480. The Morgan fingerprint density at radius 2 is 1.95 bits per heavy atom. The molecular weight excluding hydrogens is 524 g/mol. The van der Waals surface area contributed by atoms with Gasteiger partial charge in [-0.3, -0.25) is 9.59 Å². The van der Waals surface area contributed by atoms with Gasteiger partial charge in [0, 0.05) is 16.4 Å². The molecule has 1 aliphatic heterocycles. The summed E-state index contributed by atoms with van der Waals surface area (Å²) in [4.78, 5) is 26.2. The van der Waals surface area contributed by atoms with Crippen LogP contribution in [0.1, 0.15) is 24.2 Å². The van der Waals surface area contributed by atoms with Gasteiger partial charge in [0.05, 0.1) is 53.0 Å². The van der Waals surface area contributed by atoms with Crippen molar-refractivity contribution in [3.63, 3.8) is 0 Å². The van der Waals surface area contributed by atoms with Crippen LogP contribution in [0, 0.1) is 18.3 Å². The molecule has 8 nitrogen and oxygen atoms in total. The second kappa shape index (κ2) is 11.9. The topological polar surface area (TPSA) is 116 Å². The summed E-state index contributed by atoms with van der Waals surface area (Å²) in [5, 5.41) is 20.0. The second-order valence-electron chi connectivity index (χ2n) is 8.42. The molecule has 2 heterocycles. The molecule has 0 radical (unpaired) electrons. The average Bonchev–Trinajstić information content (AvgIpc) is 3.44. The van der Waals surface area contributed by atoms with Crippen molar-refractivity contribution in [2.24, 2.45) is 0 Å². The summed E-state index contributed by atoms with van der Waals surface area (Å²) in [6.07, 6.45) is 1.49. The first kappa shape index (κ1) is 26.9. The highest BCUT2D eigenvalue weighted by molar-refractivity contribution is 8.03. The fraction of sp³-hybridized carbons (Fsp3) is 0.179. The molecule has 2 aromatic carbocycles. The van der Waals surface area contributed by atoms with Crippen molar-refractivity contribution in [1.82, 2.24) is 5.32 Å². The van der Waals surface area contributed by atoms with Crippen LogP contribution in [0.5, 0.6) is 5.75 Å². The minimum absolute atomic E-state index is 0.0277. The van der Waals surface area contributed by atoms with Gasteiger partial charge in [0.2, 0.25) is 5.91 Å². The van der Waals surface area contributed by atoms with Crippen molar-refractivity contribution in [1.29, 1.82) is 5.26 Å². The van der Waals surface area contributed by atoms with E-state index in [1.165, 1.54) is 25.1 Å². The van der Waals surface area contributed by atoms with E-state index in [9.17, 15) is 14.9 Å². The van der Waals surface area contributed by atoms with E-state index in [0.29, 0.717) is 44.2 Å². The molecule has 0 aliphatic carbocycles. The van der Waals surface area contributed by atoms with E-state index >= 15 is 0 Å². The minimum atomic E-state index is -0.771. The van der Waals surface area contributed by atoms with Crippen LogP contribution in [0.3, 0.4) is 0 Å². The number of rotatable bonds is 8. The van der Waals surface area contributed by atoms with Gasteiger partial charge in [0.1, 0.15) is 11.5 Å². The number of dihydropyridines is 1. The highest BCUT2D eigenvalue weighted by Crippen LogP contribution is 2.41. The van der Waals surface area contributed by atoms with Crippen LogP contribution in [0.15, 0.2) is 87.1 Å². The van der Waals surface area contributed by atoms with Gasteiger partial charge in [-0.15, -0.1) is 0 Å². The number of hydrogen-bond acceptors (Lipinski definition) is 7. The molecule has 194 valence electrons. The Morgan fingerprint density at radius 3 is 2.63 bits per heavy atom. The summed E-state index contributed by atoms with van der Waals surface area (Å²) in [5.41, 5.74) is 3.11. The van der Waals surface area contributed by atoms with Gasteiger partial charge in [-0.25, -0.2) is 0 Å². The number of amides is 2. The molecule has 0 saturated heterocycles. The van der Waals surface area contributed by atoms with E-state index in [2.05, 4.69) is 22.0 Å². The van der Waals surface area contributed by atoms with Crippen LogP contribution in [0.2, 0.25) is 5.02 Å². The standard InChI is InChI=1S/C28H25ClN4O4S/c1-16-10-11-18(13-20(16)29)32-24(34)15-38-28-19(14-30)26(23-9-6-12-37-23)25(17(2)31-28)27(35)33-21-7-4-5-8-22(21)36-3/h4-13,26,31H,15H2,1-3H3,(H,32,34)(H,33,35)/t26-/m0/s1. The summed E-state index contributed by atoms with van der Waals surface area (Å²) < 4.78 is 11.0. The van der Waals surface area contributed by atoms with Crippen molar-refractivity contribution >= 4 is 46.6 Å². The number of carbonyl (C=O) groups excluding carboxylic acids is 2. The predicted molar refractivity (Wildman–Crippen MR) is 149 cm³/mol. The maximum absolute atomic E-state index is 13.5. The number of thioether (sulfide) groups is 1. The number of carbonyl (C=O) groups is 2. The van der Waals surface area contributed by atoms with E-state index in [1.807, 2.05) is 13.0 Å². The Labute approximate surface area is 229 Å². The van der Waals surface area contributed by atoms with Crippen LogP contribution in [-0.4, -0.2) is 24.7 Å². The number of benzene rings is 2. The van der Waals surface area contributed by atoms with Crippen LogP contribution in [0.25, 0.3) is 0 Å². The van der Waals surface area contributed by atoms with Gasteiger partial charge in [-0.05, 0) is 55.8 Å². The number of nitrogens with one attached hydrogen (secondary N) is 3. The average molecular weight is 549 g/mol. The summed E-state index contributed by atoms with van der Waals surface area (Å²) >= 11 is 7.33. The van der Waals surface area contributed by atoms with Crippen LogP contribution >= 0.6 is 23.4 Å². The molecule has 38 heavy (non-hydrogen) atoms. The summed E-state index contributed by atoms with van der Waals surface area (Å²) in [6, 6.07) is 18.0. The Balaban J connectivity index is 1.58. The quantitative estimate of drug-likeness (QED) is 0.318. The summed E-state index contributed by atoms with van der Waals surface area (Å²) in [7, 11) is 1.52. The number of methoxy groups -OCH3 is 1. The van der Waals surface area contributed by atoms with Gasteiger partial charge >= 0.3 is 0 Å². The first-order valence-electron chi connectivity index (χ1n) is 11.6. The molecule has 1 atom stereocenters. The van der Waals surface area contributed by atoms with E-state index in [1.54, 1.807) is 55.5 Å². The molecule has 0 spiro atoms. The maximum Gasteiger partial charge on any atom is 0.254 e. The number of nitrogens with zero attached hydrogens (tertiary/aromatic N) is 1. The van der Waals surface area contributed by atoms with Gasteiger partial charge in [0.15, 0.2) is 0 Å². The van der Waals surface area contributed by atoms with Crippen molar-refractivity contribution < 1.29 is 18.7 Å². The number of para-hydroxylation sites is 2. The van der Waals surface area contributed by atoms with Crippen LogP contribution in [-0.2, 0) is 9.59 Å². The van der Waals surface area contributed by atoms with Crippen molar-refractivity contribution in [2.45, 2.75) is 19.8 Å². The lowest BCUT2D eigenvalue weighted by molar-refractivity contribution is -0.114. The third-order valence-corrected chi connectivity index (χ3v) is 7.30. The lowest BCUT2D eigenvalue weighted by atomic mass is 9.85. The zero-order valence-corrected chi connectivity index (χ0v) is 22.5. The normalized spacial score (nSPS) is 15.0. The molecule has 1 aliphatic rings. The van der Waals surface area contributed by atoms with Gasteiger partial charge in [0.25, 0.3) is 5.91 Å². The molecule has 0 fully saturated rings. The van der Waals surface area contributed by atoms with Crippen molar-refractivity contribution in [3.05, 3.63) is 99.1 Å². The Bertz CT molecular complexity index is 1470. The number of halogens is 1. The maximum atomic E-state index is 13.5. The highest BCUT2D eigenvalue weighted by Gasteiger charge is 2.36. The molecule has 2 amide bonds. The monoisotopic (exact) mass is 548 g/mol. The van der Waals surface area contributed by atoms with E-state index in [-0.39, 0.29) is 17.2 Å². The number of anilines is 2.